The van der Waals surface area contributed by atoms with Crippen LogP contribution in [0, 0.1) is 0 Å². The van der Waals surface area contributed by atoms with Crippen LogP contribution in [0.5, 0.6) is 11.5 Å². The van der Waals surface area contributed by atoms with Crippen LogP contribution in [0.2, 0.25) is 5.02 Å². The molecule has 2 fully saturated rings. The van der Waals surface area contributed by atoms with Crippen molar-refractivity contribution in [3.8, 4) is 11.5 Å². The van der Waals surface area contributed by atoms with E-state index >= 15 is 0 Å². The second-order valence-corrected chi connectivity index (χ2v) is 11.4. The van der Waals surface area contributed by atoms with Gasteiger partial charge in [-0.15, -0.1) is 0 Å². The minimum absolute atomic E-state index is 0.0349. The van der Waals surface area contributed by atoms with Crippen molar-refractivity contribution in [2.75, 3.05) is 40.0 Å². The number of hydrogen-bond donors (Lipinski definition) is 2. The van der Waals surface area contributed by atoms with E-state index in [1.54, 1.807) is 38.4 Å². The van der Waals surface area contributed by atoms with Crippen LogP contribution in [-0.4, -0.2) is 79.9 Å². The molecule has 0 unspecified atom stereocenters. The van der Waals surface area contributed by atoms with Gasteiger partial charge in [0.05, 0.1) is 43.1 Å². The topological polar surface area (TPSA) is 92.4 Å². The Morgan fingerprint density at radius 2 is 1.95 bits per heavy atom. The highest BCUT2D eigenvalue weighted by atomic mass is 35.5. The third-order valence-electron chi connectivity index (χ3n) is 8.30. The van der Waals surface area contributed by atoms with Crippen molar-refractivity contribution in [3.63, 3.8) is 0 Å². The van der Waals surface area contributed by atoms with E-state index in [4.69, 9.17) is 25.8 Å². The lowest BCUT2D eigenvalue weighted by atomic mass is 9.88. The lowest BCUT2D eigenvalue weighted by molar-refractivity contribution is -0.130. The lowest BCUT2D eigenvalue weighted by Crippen LogP contribution is -2.55. The van der Waals surface area contributed by atoms with Crippen LogP contribution in [0.25, 0.3) is 5.70 Å². The maximum absolute atomic E-state index is 14.4. The highest BCUT2D eigenvalue weighted by Crippen LogP contribution is 2.34. The molecule has 1 heterocycles. The number of benzene rings is 2. The number of hydrogen-bond acceptors (Lipinski definition) is 7. The van der Waals surface area contributed by atoms with Gasteiger partial charge in [0.25, 0.3) is 5.91 Å². The zero-order valence-corrected chi connectivity index (χ0v) is 26.8. The Balaban J connectivity index is 1.60. The Bertz CT molecular complexity index is 1300. The fourth-order valence-electron chi connectivity index (χ4n) is 6.11. The highest BCUT2D eigenvalue weighted by Gasteiger charge is 2.35. The molecule has 0 bridgehead atoms. The first-order valence-corrected chi connectivity index (χ1v) is 15.8. The smallest absolute Gasteiger partial charge is 0.407 e. The predicted octanol–water partition coefficient (Wildman–Crippen LogP) is 5.85. The van der Waals surface area contributed by atoms with E-state index in [1.807, 2.05) is 42.2 Å². The first-order chi connectivity index (χ1) is 21.4. The van der Waals surface area contributed by atoms with E-state index in [9.17, 15) is 9.59 Å². The van der Waals surface area contributed by atoms with E-state index < -0.39 is 6.09 Å². The largest absolute Gasteiger partial charge is 0.497 e. The molecule has 2 aromatic rings. The molecule has 3 atom stereocenters. The Kier molecular flexibility index (Phi) is 12.4. The molecule has 0 spiro atoms. The van der Waals surface area contributed by atoms with Crippen molar-refractivity contribution in [1.29, 1.82) is 0 Å². The Morgan fingerprint density at radius 1 is 1.18 bits per heavy atom. The molecule has 44 heavy (non-hydrogen) atoms. The van der Waals surface area contributed by atoms with Gasteiger partial charge in [0.2, 0.25) is 0 Å². The number of rotatable bonds is 12. The van der Waals surface area contributed by atoms with Crippen molar-refractivity contribution in [3.05, 3.63) is 77.5 Å². The second-order valence-electron chi connectivity index (χ2n) is 11.0. The van der Waals surface area contributed by atoms with E-state index in [0.717, 1.165) is 36.9 Å². The van der Waals surface area contributed by atoms with Crippen molar-refractivity contribution >= 4 is 29.3 Å². The van der Waals surface area contributed by atoms with Crippen LogP contribution >= 0.6 is 11.6 Å². The zero-order valence-electron chi connectivity index (χ0n) is 26.0. The van der Waals surface area contributed by atoms with Crippen LogP contribution in [0.15, 0.2) is 66.9 Å². The van der Waals surface area contributed by atoms with Gasteiger partial charge >= 0.3 is 6.09 Å². The van der Waals surface area contributed by atoms with E-state index in [0.29, 0.717) is 61.4 Å². The van der Waals surface area contributed by atoms with Gasteiger partial charge in [-0.1, -0.05) is 61.4 Å². The SMILES string of the molecule is C=CN(/C(=C(\C)C(=O)N1CCNC[C@H]1CCOc1cc(OC)ccc1Cl)c1ccccc1)[C@H]1CCCC[C@@H]1NC(=O)OCC. The number of nitrogens with one attached hydrogen (secondary N) is 2. The molecule has 4 rings (SSSR count). The van der Waals surface area contributed by atoms with Crippen molar-refractivity contribution in [2.45, 2.75) is 64.1 Å². The Morgan fingerprint density at radius 3 is 2.68 bits per heavy atom. The summed E-state index contributed by atoms with van der Waals surface area (Å²) in [5, 5.41) is 7.01. The predicted molar refractivity (Wildman–Crippen MR) is 174 cm³/mol. The summed E-state index contributed by atoms with van der Waals surface area (Å²) < 4.78 is 16.5. The first-order valence-electron chi connectivity index (χ1n) is 15.5. The minimum Gasteiger partial charge on any atom is -0.497 e. The molecule has 2 amide bonds. The van der Waals surface area contributed by atoms with Gasteiger partial charge in [0, 0.05) is 43.7 Å². The summed E-state index contributed by atoms with van der Waals surface area (Å²) >= 11 is 6.34. The molecule has 238 valence electrons. The molecule has 1 aliphatic heterocycles. The monoisotopic (exact) mass is 624 g/mol. The molecule has 1 saturated heterocycles. The number of carbonyl (C=O) groups is 2. The third-order valence-corrected chi connectivity index (χ3v) is 8.61. The summed E-state index contributed by atoms with van der Waals surface area (Å²) in [7, 11) is 1.60. The van der Waals surface area contributed by atoms with E-state index in [-0.39, 0.29) is 24.0 Å². The van der Waals surface area contributed by atoms with Gasteiger partial charge in [-0.25, -0.2) is 4.79 Å². The second kappa shape index (κ2) is 16.4. The number of halogens is 1. The summed E-state index contributed by atoms with van der Waals surface area (Å²) in [6, 6.07) is 14.9. The van der Waals surface area contributed by atoms with Gasteiger partial charge in [-0.05, 0) is 50.6 Å². The molecular formula is C34H45ClN4O5. The molecule has 2 N–H and O–H groups in total. The average molecular weight is 625 g/mol. The van der Waals surface area contributed by atoms with Crippen LogP contribution in [0.3, 0.4) is 0 Å². The number of alkyl carbamates (subject to hydrolysis) is 1. The molecule has 9 nitrogen and oxygen atoms in total. The van der Waals surface area contributed by atoms with Crippen LogP contribution in [0.1, 0.15) is 51.5 Å². The van der Waals surface area contributed by atoms with E-state index in [1.165, 1.54) is 0 Å². The van der Waals surface area contributed by atoms with Crippen LogP contribution in [-0.2, 0) is 9.53 Å². The number of amides is 2. The number of ether oxygens (including phenoxy) is 3. The van der Waals surface area contributed by atoms with Gasteiger partial charge in [-0.2, -0.15) is 0 Å². The molecule has 2 aromatic carbocycles. The summed E-state index contributed by atoms with van der Waals surface area (Å²) in [6.45, 7) is 10.5. The highest BCUT2D eigenvalue weighted by molar-refractivity contribution is 6.32. The number of methoxy groups -OCH3 is 1. The normalized spacial score (nSPS) is 20.6. The van der Waals surface area contributed by atoms with Gasteiger partial charge < -0.3 is 34.6 Å². The maximum atomic E-state index is 14.4. The molecule has 0 aromatic heterocycles. The van der Waals surface area contributed by atoms with Crippen LogP contribution < -0.4 is 20.1 Å². The summed E-state index contributed by atoms with van der Waals surface area (Å²) in [6.07, 6.45) is 5.68. The Labute approximate surface area is 266 Å². The summed E-state index contributed by atoms with van der Waals surface area (Å²) in [5.74, 6) is 1.18. The molecular weight excluding hydrogens is 580 g/mol. The Hall–Kier alpha value is -3.69. The summed E-state index contributed by atoms with van der Waals surface area (Å²) in [5.41, 5.74) is 2.34. The fourth-order valence-corrected chi connectivity index (χ4v) is 6.29. The fraction of sp³-hybridized carbons (Fsp3) is 0.471. The molecule has 1 aliphatic carbocycles. The molecule has 2 aliphatic rings. The molecule has 0 radical (unpaired) electrons. The maximum Gasteiger partial charge on any atom is 0.407 e. The lowest BCUT2D eigenvalue weighted by Gasteiger charge is -2.42. The third kappa shape index (κ3) is 8.27. The standard InChI is InChI=1S/C34H45ClN4O5/c1-5-38(30-15-11-10-14-29(30)37-34(41)43-6-2)32(25-12-8-7-9-13-25)24(3)33(40)39-20-19-36-23-26(39)18-21-44-31-22-27(42-4)16-17-28(31)35/h5,7-9,12-13,16-17,22,26,29-30,36H,1,6,10-11,14-15,18-21,23H2,2-4H3,(H,37,41)/b32-24+/t26-,29+,30+/m1/s1. The van der Waals surface area contributed by atoms with Crippen molar-refractivity contribution in [2.24, 2.45) is 0 Å². The van der Waals surface area contributed by atoms with Crippen molar-refractivity contribution < 1.29 is 23.8 Å². The molecule has 1 saturated carbocycles. The van der Waals surface area contributed by atoms with Crippen molar-refractivity contribution in [1.82, 2.24) is 20.4 Å². The molecule has 10 heteroatoms. The van der Waals surface area contributed by atoms with Crippen LogP contribution in [0.4, 0.5) is 4.79 Å². The minimum atomic E-state index is -0.424. The number of piperazine rings is 1. The average Bonchev–Trinajstić information content (AvgIpc) is 3.05. The first kappa shape index (κ1) is 33.2. The summed E-state index contributed by atoms with van der Waals surface area (Å²) in [4.78, 5) is 30.8. The quantitative estimate of drug-likeness (QED) is 0.286. The van der Waals surface area contributed by atoms with E-state index in [2.05, 4.69) is 22.1 Å². The van der Waals surface area contributed by atoms with Gasteiger partial charge in [0.1, 0.15) is 11.5 Å². The zero-order chi connectivity index (χ0) is 31.5. The van der Waals surface area contributed by atoms with Gasteiger partial charge in [0.15, 0.2) is 0 Å². The number of carbonyl (C=O) groups excluding carboxylic acids is 2. The van der Waals surface area contributed by atoms with Gasteiger partial charge in [-0.3, -0.25) is 4.79 Å². The number of nitrogens with zero attached hydrogens (tertiary/aromatic N) is 2.